The fourth-order valence-corrected chi connectivity index (χ4v) is 1.70. The molecule has 0 spiro atoms. The molecule has 0 saturated heterocycles. The molecule has 0 aliphatic heterocycles. The first-order valence-electron chi connectivity index (χ1n) is 3.99. The minimum atomic E-state index is -2.90. The average Bonchev–Trinajstić information content (AvgIpc) is 2.36. The lowest BCUT2D eigenvalue weighted by Crippen LogP contribution is -2.41. The molecule has 0 radical (unpaired) electrons. The first-order valence-corrected chi connectivity index (χ1v) is 3.99. The molecule has 0 bridgehead atoms. The zero-order valence-corrected chi connectivity index (χ0v) is 6.94. The largest absolute Gasteiger partial charge is 0.270 e. The van der Waals surface area contributed by atoms with Crippen molar-refractivity contribution >= 4 is 6.08 Å². The highest BCUT2D eigenvalue weighted by atomic mass is 19.3. The number of rotatable bonds is 2. The fraction of sp³-hybridized carbons (Fsp3) is 0.875. The predicted molar refractivity (Wildman–Crippen MR) is 39.9 cm³/mol. The zero-order valence-electron chi connectivity index (χ0n) is 6.94. The van der Waals surface area contributed by atoms with E-state index in [9.17, 15) is 13.6 Å². The van der Waals surface area contributed by atoms with Gasteiger partial charge in [0.05, 0.1) is 0 Å². The molecule has 4 heteroatoms. The van der Waals surface area contributed by atoms with Crippen molar-refractivity contribution in [2.24, 2.45) is 4.99 Å². The molecule has 12 heavy (non-hydrogen) atoms. The molecule has 68 valence electrons. The summed E-state index contributed by atoms with van der Waals surface area (Å²) in [6, 6.07) is 0. The molecule has 2 nitrogen and oxygen atoms in total. The maximum atomic E-state index is 13.0. The van der Waals surface area contributed by atoms with E-state index in [-0.39, 0.29) is 0 Å². The number of hydrogen-bond donors (Lipinski definition) is 0. The molecule has 0 amide bonds. The minimum absolute atomic E-state index is 0.297. The third-order valence-corrected chi connectivity index (χ3v) is 2.51. The molecular weight excluding hydrogens is 164 g/mol. The molecule has 1 aliphatic rings. The van der Waals surface area contributed by atoms with Crippen molar-refractivity contribution in [2.45, 2.75) is 44.1 Å². The van der Waals surface area contributed by atoms with Crippen LogP contribution in [-0.2, 0) is 4.79 Å². The van der Waals surface area contributed by atoms with E-state index in [0.29, 0.717) is 25.7 Å². The van der Waals surface area contributed by atoms with E-state index in [0.717, 1.165) is 6.92 Å². The van der Waals surface area contributed by atoms with Crippen LogP contribution in [0.4, 0.5) is 8.78 Å². The van der Waals surface area contributed by atoms with Crippen molar-refractivity contribution in [1.82, 2.24) is 0 Å². The first kappa shape index (κ1) is 9.33. The summed E-state index contributed by atoms with van der Waals surface area (Å²) in [5, 5.41) is 0. The van der Waals surface area contributed by atoms with Crippen molar-refractivity contribution in [1.29, 1.82) is 0 Å². The highest BCUT2D eigenvalue weighted by molar-refractivity contribution is 5.36. The second kappa shape index (κ2) is 2.94. The summed E-state index contributed by atoms with van der Waals surface area (Å²) < 4.78 is 26.0. The fourth-order valence-electron chi connectivity index (χ4n) is 1.70. The van der Waals surface area contributed by atoms with Gasteiger partial charge in [0.1, 0.15) is 5.54 Å². The molecule has 0 N–H and O–H groups in total. The summed E-state index contributed by atoms with van der Waals surface area (Å²) >= 11 is 0. The standard InChI is InChI=1S/C8H11F2NO/c1-7(9,10)8(11-6-12)4-2-3-5-8/h2-5H2,1H3. The van der Waals surface area contributed by atoms with E-state index in [4.69, 9.17) is 0 Å². The quantitative estimate of drug-likeness (QED) is 0.467. The molecule has 0 unspecified atom stereocenters. The van der Waals surface area contributed by atoms with Crippen molar-refractivity contribution in [3.05, 3.63) is 0 Å². The second-order valence-electron chi connectivity index (χ2n) is 3.33. The summed E-state index contributed by atoms with van der Waals surface area (Å²) in [5.74, 6) is -2.90. The lowest BCUT2D eigenvalue weighted by Gasteiger charge is -2.28. The van der Waals surface area contributed by atoms with Gasteiger partial charge < -0.3 is 0 Å². The molecular formula is C8H11F2NO. The number of alkyl halides is 2. The Morgan fingerprint density at radius 2 is 1.92 bits per heavy atom. The molecule has 1 saturated carbocycles. The number of nitrogens with zero attached hydrogens (tertiary/aromatic N) is 1. The van der Waals surface area contributed by atoms with Crippen molar-refractivity contribution in [2.75, 3.05) is 0 Å². The van der Waals surface area contributed by atoms with Gasteiger partial charge in [0.15, 0.2) is 0 Å². The van der Waals surface area contributed by atoms with Gasteiger partial charge in [-0.3, -0.25) is 0 Å². The van der Waals surface area contributed by atoms with Crippen LogP contribution in [0.15, 0.2) is 4.99 Å². The highest BCUT2D eigenvalue weighted by Gasteiger charge is 2.51. The highest BCUT2D eigenvalue weighted by Crippen LogP contribution is 2.44. The molecule has 1 aliphatic carbocycles. The van der Waals surface area contributed by atoms with Crippen LogP contribution in [0.3, 0.4) is 0 Å². The van der Waals surface area contributed by atoms with Crippen LogP contribution in [0.1, 0.15) is 32.6 Å². The Kier molecular flexibility index (Phi) is 2.29. The first-order chi connectivity index (χ1) is 5.52. The molecule has 0 aromatic rings. The number of hydrogen-bond acceptors (Lipinski definition) is 2. The lowest BCUT2D eigenvalue weighted by molar-refractivity contribution is -0.0530. The molecule has 1 rings (SSSR count). The Morgan fingerprint density at radius 3 is 2.25 bits per heavy atom. The van der Waals surface area contributed by atoms with E-state index in [1.165, 1.54) is 6.08 Å². The molecule has 0 aromatic heterocycles. The smallest absolute Gasteiger partial charge is 0.211 e. The summed E-state index contributed by atoms with van der Waals surface area (Å²) in [4.78, 5) is 13.3. The van der Waals surface area contributed by atoms with Gasteiger partial charge in [-0.05, 0) is 12.8 Å². The van der Waals surface area contributed by atoms with E-state index < -0.39 is 11.5 Å². The number of isocyanates is 1. The van der Waals surface area contributed by atoms with Gasteiger partial charge in [-0.2, -0.15) is 4.99 Å². The maximum absolute atomic E-state index is 13.0. The summed E-state index contributed by atoms with van der Waals surface area (Å²) in [5.41, 5.74) is -1.45. The number of carbonyl (C=O) groups excluding carboxylic acids is 1. The van der Waals surface area contributed by atoms with Crippen LogP contribution >= 0.6 is 0 Å². The predicted octanol–water partition coefficient (Wildman–Crippen LogP) is 2.29. The van der Waals surface area contributed by atoms with Gasteiger partial charge in [0, 0.05) is 6.92 Å². The summed E-state index contributed by atoms with van der Waals surface area (Å²) in [6.07, 6.45) is 3.28. The van der Waals surface area contributed by atoms with Gasteiger partial charge in [-0.25, -0.2) is 13.6 Å². The summed E-state index contributed by atoms with van der Waals surface area (Å²) in [6.45, 7) is 0.819. The van der Waals surface area contributed by atoms with E-state index in [1.807, 2.05) is 0 Å². The normalized spacial score (nSPS) is 21.9. The molecule has 0 aromatic carbocycles. The van der Waals surface area contributed by atoms with E-state index in [2.05, 4.69) is 4.99 Å². The van der Waals surface area contributed by atoms with Crippen LogP contribution in [0.2, 0.25) is 0 Å². The number of aliphatic imine (C=N–C) groups is 1. The Hall–Kier alpha value is -0.760. The molecule has 0 atom stereocenters. The van der Waals surface area contributed by atoms with Crippen LogP contribution in [0.5, 0.6) is 0 Å². The van der Waals surface area contributed by atoms with Crippen molar-refractivity contribution < 1.29 is 13.6 Å². The monoisotopic (exact) mass is 175 g/mol. The minimum Gasteiger partial charge on any atom is -0.211 e. The average molecular weight is 175 g/mol. The maximum Gasteiger partial charge on any atom is 0.270 e. The third-order valence-electron chi connectivity index (χ3n) is 2.51. The zero-order chi connectivity index (χ0) is 9.24. The Morgan fingerprint density at radius 1 is 1.42 bits per heavy atom. The van der Waals surface area contributed by atoms with Crippen LogP contribution in [0.25, 0.3) is 0 Å². The lowest BCUT2D eigenvalue weighted by atomic mass is 9.91. The van der Waals surface area contributed by atoms with Gasteiger partial charge in [0.2, 0.25) is 6.08 Å². The topological polar surface area (TPSA) is 29.4 Å². The van der Waals surface area contributed by atoms with E-state index >= 15 is 0 Å². The Labute approximate surface area is 69.7 Å². The Balaban J connectivity index is 2.94. The Bertz CT molecular complexity index is 210. The second-order valence-corrected chi connectivity index (χ2v) is 3.33. The van der Waals surface area contributed by atoms with Gasteiger partial charge >= 0.3 is 0 Å². The molecule has 0 heterocycles. The molecule has 1 fully saturated rings. The van der Waals surface area contributed by atoms with Crippen LogP contribution in [0, 0.1) is 0 Å². The van der Waals surface area contributed by atoms with Gasteiger partial charge in [-0.1, -0.05) is 12.8 Å². The van der Waals surface area contributed by atoms with Crippen molar-refractivity contribution in [3.63, 3.8) is 0 Å². The van der Waals surface area contributed by atoms with Crippen molar-refractivity contribution in [3.8, 4) is 0 Å². The van der Waals surface area contributed by atoms with E-state index in [1.54, 1.807) is 0 Å². The van der Waals surface area contributed by atoms with Gasteiger partial charge in [-0.15, -0.1) is 0 Å². The SMILES string of the molecule is CC(F)(F)C1(N=C=O)CCCC1. The third kappa shape index (κ3) is 1.39. The van der Waals surface area contributed by atoms with Crippen LogP contribution < -0.4 is 0 Å². The van der Waals surface area contributed by atoms with Gasteiger partial charge in [0.25, 0.3) is 5.92 Å². The summed E-state index contributed by atoms with van der Waals surface area (Å²) in [7, 11) is 0. The van der Waals surface area contributed by atoms with Crippen LogP contribution in [-0.4, -0.2) is 17.5 Å². The number of halogens is 2.